The minimum Gasteiger partial charge on any atom is -0.455 e. The Bertz CT molecular complexity index is 1280. The Kier molecular flexibility index (Phi) is 12.5. The van der Waals surface area contributed by atoms with E-state index < -0.39 is 6.29 Å². The number of unbranched alkanes of at least 4 members (excludes halogenated alkanes) is 1. The SMILES string of the molecule is CCCCC(Oc1ccc(C(N)=NO)cc1)Oc1ccc(-c2nc(N(C)CCN3CCOCC3)sc2CNC(C)C)cc1. The number of oxime groups is 1. The molecule has 1 aliphatic rings. The van der Waals surface area contributed by atoms with Gasteiger partial charge in [0.25, 0.3) is 0 Å². The van der Waals surface area contributed by atoms with Gasteiger partial charge in [0.1, 0.15) is 11.5 Å². The fraction of sp³-hybridized carbons (Fsp3) is 0.500. The van der Waals surface area contributed by atoms with Gasteiger partial charge in [0.2, 0.25) is 6.29 Å². The monoisotopic (exact) mass is 610 g/mol. The van der Waals surface area contributed by atoms with Gasteiger partial charge in [-0.05, 0) is 55.0 Å². The van der Waals surface area contributed by atoms with Crippen LogP contribution >= 0.6 is 11.3 Å². The summed E-state index contributed by atoms with van der Waals surface area (Å²) in [5.74, 6) is 1.45. The molecular weight excluding hydrogens is 564 g/mol. The predicted molar refractivity (Wildman–Crippen MR) is 174 cm³/mol. The lowest BCUT2D eigenvalue weighted by molar-refractivity contribution is -0.00211. The topological polar surface area (TPSA) is 118 Å². The second-order valence-corrected chi connectivity index (χ2v) is 12.1. The number of likely N-dealkylation sites (N-methyl/N-ethyl adjacent to an activating group) is 1. The maximum atomic E-state index is 8.91. The van der Waals surface area contributed by atoms with Crippen molar-refractivity contribution in [2.24, 2.45) is 10.9 Å². The molecule has 0 aliphatic carbocycles. The van der Waals surface area contributed by atoms with Crippen LogP contribution in [0.4, 0.5) is 5.13 Å². The van der Waals surface area contributed by atoms with Crippen molar-refractivity contribution in [2.45, 2.75) is 58.9 Å². The lowest BCUT2D eigenvalue weighted by Gasteiger charge is -2.28. The van der Waals surface area contributed by atoms with E-state index >= 15 is 0 Å². The van der Waals surface area contributed by atoms with E-state index in [-0.39, 0.29) is 5.84 Å². The Labute approximate surface area is 259 Å². The number of amidine groups is 1. The van der Waals surface area contributed by atoms with Crippen LogP contribution in [0.1, 0.15) is 50.5 Å². The van der Waals surface area contributed by atoms with Crippen LogP contribution < -0.4 is 25.4 Å². The summed E-state index contributed by atoms with van der Waals surface area (Å²) in [5.41, 5.74) is 8.36. The van der Waals surface area contributed by atoms with Gasteiger partial charge in [-0.1, -0.05) is 43.7 Å². The molecule has 2 aromatic carbocycles. The number of nitrogens with zero attached hydrogens (tertiary/aromatic N) is 4. The van der Waals surface area contributed by atoms with Crippen molar-refractivity contribution in [3.05, 3.63) is 59.0 Å². The molecule has 0 radical (unpaired) electrons. The molecule has 0 amide bonds. The van der Waals surface area contributed by atoms with E-state index in [1.54, 1.807) is 35.6 Å². The molecule has 43 heavy (non-hydrogen) atoms. The fourth-order valence-corrected chi connectivity index (χ4v) is 5.65. The highest BCUT2D eigenvalue weighted by atomic mass is 32.1. The van der Waals surface area contributed by atoms with Crippen LogP contribution in [0, 0.1) is 0 Å². The lowest BCUT2D eigenvalue weighted by atomic mass is 10.1. The van der Waals surface area contributed by atoms with E-state index in [1.165, 1.54) is 4.88 Å². The number of ether oxygens (including phenoxy) is 3. The zero-order valence-electron chi connectivity index (χ0n) is 25.8. The fourth-order valence-electron chi connectivity index (χ4n) is 4.63. The number of benzene rings is 2. The van der Waals surface area contributed by atoms with E-state index in [4.69, 9.17) is 30.1 Å². The van der Waals surface area contributed by atoms with Crippen LogP contribution in [0.2, 0.25) is 0 Å². The first-order chi connectivity index (χ1) is 20.9. The molecule has 3 aromatic rings. The molecule has 1 fully saturated rings. The molecule has 10 nitrogen and oxygen atoms in total. The third-order valence-corrected chi connectivity index (χ3v) is 8.42. The van der Waals surface area contributed by atoms with Crippen molar-refractivity contribution >= 4 is 22.3 Å². The van der Waals surface area contributed by atoms with Crippen molar-refractivity contribution in [3.8, 4) is 22.8 Å². The van der Waals surface area contributed by atoms with E-state index in [1.807, 2.05) is 12.1 Å². The highest BCUT2D eigenvalue weighted by Crippen LogP contribution is 2.34. The van der Waals surface area contributed by atoms with Gasteiger partial charge in [-0.25, -0.2) is 4.98 Å². The molecule has 1 unspecified atom stereocenters. The van der Waals surface area contributed by atoms with Gasteiger partial charge < -0.3 is 35.4 Å². The second-order valence-electron chi connectivity index (χ2n) is 11.0. The first kappa shape index (κ1) is 32.5. The van der Waals surface area contributed by atoms with E-state index in [0.717, 1.165) is 87.3 Å². The summed E-state index contributed by atoms with van der Waals surface area (Å²) in [4.78, 5) is 11.0. The molecule has 0 bridgehead atoms. The van der Waals surface area contributed by atoms with Crippen LogP contribution in [0.25, 0.3) is 11.3 Å². The summed E-state index contributed by atoms with van der Waals surface area (Å²) in [7, 11) is 2.12. The number of aromatic nitrogens is 1. The minimum absolute atomic E-state index is 0.0560. The Morgan fingerprint density at radius 1 is 1.12 bits per heavy atom. The van der Waals surface area contributed by atoms with Crippen LogP contribution in [-0.2, 0) is 11.3 Å². The van der Waals surface area contributed by atoms with Crippen LogP contribution in [0.3, 0.4) is 0 Å². The first-order valence-electron chi connectivity index (χ1n) is 15.1. The number of hydrogen-bond acceptors (Lipinski definition) is 10. The van der Waals surface area contributed by atoms with E-state index in [0.29, 0.717) is 17.4 Å². The summed E-state index contributed by atoms with van der Waals surface area (Å²) in [6, 6.07) is 15.6. The molecule has 1 saturated heterocycles. The van der Waals surface area contributed by atoms with Crippen LogP contribution in [0.15, 0.2) is 53.7 Å². The lowest BCUT2D eigenvalue weighted by Crippen LogP contribution is -2.40. The highest BCUT2D eigenvalue weighted by molar-refractivity contribution is 7.16. The zero-order chi connectivity index (χ0) is 30.6. The number of rotatable bonds is 16. The van der Waals surface area contributed by atoms with Crippen molar-refractivity contribution in [1.82, 2.24) is 15.2 Å². The Balaban J connectivity index is 1.45. The number of hydrogen-bond donors (Lipinski definition) is 3. The molecule has 1 aromatic heterocycles. The highest BCUT2D eigenvalue weighted by Gasteiger charge is 2.19. The standard InChI is InChI=1S/C32H46N6O4S/c1-5-6-7-29(42-27-14-10-25(11-15-27)31(33)36-39)41-26-12-8-24(9-13-26)30-28(22-34-23(2)3)43-32(35-30)37(4)16-17-38-18-20-40-21-19-38/h8-15,23,29,34,39H,5-7,16-22H2,1-4H3,(H2,33,36). The molecule has 234 valence electrons. The van der Waals surface area contributed by atoms with E-state index in [2.05, 4.69) is 60.2 Å². The normalized spacial score (nSPS) is 15.0. The number of nitrogens with two attached hydrogens (primary N) is 1. The third-order valence-electron chi connectivity index (χ3n) is 7.25. The number of morpholine rings is 1. The zero-order valence-corrected chi connectivity index (χ0v) is 26.6. The van der Waals surface area contributed by atoms with Crippen molar-refractivity contribution in [1.29, 1.82) is 0 Å². The molecule has 1 atom stereocenters. The van der Waals surface area contributed by atoms with Gasteiger partial charge in [-0.15, -0.1) is 0 Å². The van der Waals surface area contributed by atoms with Crippen molar-refractivity contribution in [3.63, 3.8) is 0 Å². The molecule has 0 spiro atoms. The average molecular weight is 611 g/mol. The quantitative estimate of drug-likeness (QED) is 0.0666. The van der Waals surface area contributed by atoms with Gasteiger partial charge in [-0.2, -0.15) is 0 Å². The Hall–Kier alpha value is -3.38. The third kappa shape index (κ3) is 9.82. The van der Waals surface area contributed by atoms with Gasteiger partial charge in [0.05, 0.1) is 18.9 Å². The van der Waals surface area contributed by atoms with Gasteiger partial charge >= 0.3 is 0 Å². The summed E-state index contributed by atoms with van der Waals surface area (Å²) < 4.78 is 18.0. The maximum absolute atomic E-state index is 8.91. The summed E-state index contributed by atoms with van der Waals surface area (Å²) >= 11 is 1.75. The van der Waals surface area contributed by atoms with Crippen molar-refractivity contribution in [2.75, 3.05) is 51.3 Å². The van der Waals surface area contributed by atoms with Gasteiger partial charge in [0.15, 0.2) is 11.0 Å². The van der Waals surface area contributed by atoms with Crippen molar-refractivity contribution < 1.29 is 19.4 Å². The van der Waals surface area contributed by atoms with E-state index in [9.17, 15) is 0 Å². The summed E-state index contributed by atoms with van der Waals surface area (Å²) in [6.45, 7) is 12.7. The molecule has 1 aliphatic heterocycles. The summed E-state index contributed by atoms with van der Waals surface area (Å²) in [5, 5.41) is 16.5. The molecule has 0 saturated carbocycles. The minimum atomic E-state index is -0.447. The average Bonchev–Trinajstić information content (AvgIpc) is 3.46. The smallest absolute Gasteiger partial charge is 0.241 e. The van der Waals surface area contributed by atoms with Crippen LogP contribution in [-0.4, -0.2) is 79.7 Å². The molecule has 2 heterocycles. The number of anilines is 1. The largest absolute Gasteiger partial charge is 0.455 e. The predicted octanol–water partition coefficient (Wildman–Crippen LogP) is 5.15. The Morgan fingerprint density at radius 2 is 1.77 bits per heavy atom. The molecule has 4 rings (SSSR count). The van der Waals surface area contributed by atoms with Crippen LogP contribution in [0.5, 0.6) is 11.5 Å². The molecule has 11 heteroatoms. The molecular formula is C32H46N6O4S. The van der Waals surface area contributed by atoms with Gasteiger partial charge in [0, 0.05) is 68.2 Å². The summed E-state index contributed by atoms with van der Waals surface area (Å²) in [6.07, 6.45) is 2.30. The first-order valence-corrected chi connectivity index (χ1v) is 15.9. The Morgan fingerprint density at radius 3 is 2.37 bits per heavy atom. The molecule has 4 N–H and O–H groups in total. The number of nitrogens with one attached hydrogen (secondary N) is 1. The maximum Gasteiger partial charge on any atom is 0.241 e. The number of thiazole rings is 1. The second kappa shape index (κ2) is 16.5. The van der Waals surface area contributed by atoms with Gasteiger partial charge in [-0.3, -0.25) is 4.90 Å².